The minimum atomic E-state index is -0.651. The molecule has 0 aromatic rings. The summed E-state index contributed by atoms with van der Waals surface area (Å²) in [7, 11) is 0. The van der Waals surface area contributed by atoms with Crippen molar-refractivity contribution in [2.24, 2.45) is 0 Å². The van der Waals surface area contributed by atoms with Crippen LogP contribution in [0.1, 0.15) is 232 Å². The monoisotopic (exact) mass is 624 g/mol. The van der Waals surface area contributed by atoms with Gasteiger partial charge in [-0.2, -0.15) is 0 Å². The molecule has 0 aromatic carbocycles. The molecule has 1 amide bonds. The van der Waals surface area contributed by atoms with Crippen LogP contribution in [0.4, 0.5) is 0 Å². The van der Waals surface area contributed by atoms with E-state index >= 15 is 0 Å². The maximum atomic E-state index is 12.4. The summed E-state index contributed by atoms with van der Waals surface area (Å²) in [5, 5.41) is 23.1. The number of hydrogen-bond acceptors (Lipinski definition) is 3. The highest BCUT2D eigenvalue weighted by Gasteiger charge is 2.19. The van der Waals surface area contributed by atoms with E-state index in [9.17, 15) is 15.0 Å². The molecule has 0 aromatic heterocycles. The molecule has 0 aliphatic carbocycles. The first-order chi connectivity index (χ1) is 21.7. The number of rotatable bonds is 37. The van der Waals surface area contributed by atoms with E-state index in [1.54, 1.807) is 0 Å². The number of amides is 1. The van der Waals surface area contributed by atoms with Crippen molar-refractivity contribution in [3.8, 4) is 0 Å². The van der Waals surface area contributed by atoms with E-state index in [2.05, 4.69) is 19.2 Å². The van der Waals surface area contributed by atoms with Crippen molar-refractivity contribution in [3.63, 3.8) is 0 Å². The lowest BCUT2D eigenvalue weighted by atomic mass is 10.0. The fraction of sp³-hybridized carbons (Fsp3) is 0.975. The van der Waals surface area contributed by atoms with Crippen LogP contribution in [-0.2, 0) is 4.79 Å². The molecule has 2 unspecified atom stereocenters. The smallest absolute Gasteiger partial charge is 0.220 e. The molecule has 0 aliphatic heterocycles. The van der Waals surface area contributed by atoms with Gasteiger partial charge in [0.25, 0.3) is 0 Å². The van der Waals surface area contributed by atoms with Gasteiger partial charge in [0.05, 0.1) is 18.8 Å². The fourth-order valence-electron chi connectivity index (χ4n) is 6.48. The van der Waals surface area contributed by atoms with Crippen molar-refractivity contribution in [1.82, 2.24) is 5.32 Å². The van der Waals surface area contributed by atoms with Gasteiger partial charge in [-0.05, 0) is 12.8 Å². The molecule has 2 atom stereocenters. The molecule has 3 N–H and O–H groups in total. The molecule has 4 heteroatoms. The first-order valence-corrected chi connectivity index (χ1v) is 20.2. The molecule has 0 spiro atoms. The molecule has 0 saturated heterocycles. The molecule has 0 bridgehead atoms. The van der Waals surface area contributed by atoms with Crippen LogP contribution in [0.2, 0.25) is 0 Å². The Kier molecular flexibility index (Phi) is 36.3. The SMILES string of the molecule is CCCCCCCCCCCCCCCCCCCC(=O)NC(CO)C(O)CCCCCCCCCCCCCCCCC. The Morgan fingerprint density at radius 2 is 0.727 bits per heavy atom. The molecule has 4 nitrogen and oxygen atoms in total. The minimum absolute atomic E-state index is 0.0273. The van der Waals surface area contributed by atoms with Gasteiger partial charge in [-0.1, -0.05) is 213 Å². The van der Waals surface area contributed by atoms with Gasteiger partial charge in [-0.25, -0.2) is 0 Å². The standard InChI is InChI=1S/C40H81NO3/c1-3-5-7-9-11-13-15-17-19-20-22-24-26-28-30-32-34-36-40(44)41-38(37-42)39(43)35-33-31-29-27-25-23-21-18-16-14-12-10-8-6-4-2/h38-39,42-43H,3-37H2,1-2H3,(H,41,44). The van der Waals surface area contributed by atoms with Crippen LogP contribution in [0.5, 0.6) is 0 Å². The van der Waals surface area contributed by atoms with Crippen molar-refractivity contribution < 1.29 is 15.0 Å². The molecule has 0 saturated carbocycles. The highest BCUT2D eigenvalue weighted by Crippen LogP contribution is 2.16. The van der Waals surface area contributed by atoms with Crippen LogP contribution in [0.15, 0.2) is 0 Å². The predicted molar refractivity (Wildman–Crippen MR) is 193 cm³/mol. The van der Waals surface area contributed by atoms with Crippen LogP contribution < -0.4 is 5.32 Å². The summed E-state index contributed by atoms with van der Waals surface area (Å²) in [5.41, 5.74) is 0. The normalized spacial score (nSPS) is 12.9. The van der Waals surface area contributed by atoms with Gasteiger partial charge in [-0.3, -0.25) is 4.79 Å². The average Bonchev–Trinajstić information content (AvgIpc) is 3.03. The van der Waals surface area contributed by atoms with Crippen molar-refractivity contribution in [1.29, 1.82) is 0 Å². The lowest BCUT2D eigenvalue weighted by Gasteiger charge is -2.22. The van der Waals surface area contributed by atoms with Crippen molar-refractivity contribution in [3.05, 3.63) is 0 Å². The van der Waals surface area contributed by atoms with E-state index < -0.39 is 12.1 Å². The third-order valence-electron chi connectivity index (χ3n) is 9.62. The Labute approximate surface area is 276 Å². The molecular formula is C40H81NO3. The molecule has 0 aliphatic rings. The van der Waals surface area contributed by atoms with E-state index in [0.29, 0.717) is 12.8 Å². The topological polar surface area (TPSA) is 69.6 Å². The maximum absolute atomic E-state index is 12.4. The molecule has 0 fully saturated rings. The van der Waals surface area contributed by atoms with E-state index in [1.165, 1.54) is 180 Å². The Bertz CT molecular complexity index is 555. The maximum Gasteiger partial charge on any atom is 0.220 e. The third kappa shape index (κ3) is 32.8. The third-order valence-corrected chi connectivity index (χ3v) is 9.62. The Morgan fingerprint density at radius 1 is 0.455 bits per heavy atom. The van der Waals surface area contributed by atoms with Crippen LogP contribution >= 0.6 is 0 Å². The summed E-state index contributed by atoms with van der Waals surface area (Å²) < 4.78 is 0. The van der Waals surface area contributed by atoms with E-state index in [-0.39, 0.29) is 12.5 Å². The second-order valence-corrected chi connectivity index (χ2v) is 14.1. The van der Waals surface area contributed by atoms with Gasteiger partial charge in [0.1, 0.15) is 0 Å². The minimum Gasteiger partial charge on any atom is -0.394 e. The zero-order chi connectivity index (χ0) is 32.2. The molecule has 0 rings (SSSR count). The van der Waals surface area contributed by atoms with E-state index in [1.807, 2.05) is 0 Å². The molecule has 264 valence electrons. The zero-order valence-corrected chi connectivity index (χ0v) is 30.2. The first-order valence-electron chi connectivity index (χ1n) is 20.2. The van der Waals surface area contributed by atoms with E-state index in [4.69, 9.17) is 0 Å². The summed E-state index contributed by atoms with van der Waals surface area (Å²) in [5.74, 6) is -0.0273. The second-order valence-electron chi connectivity index (χ2n) is 14.1. The summed E-state index contributed by atoms with van der Waals surface area (Å²) in [4.78, 5) is 12.4. The number of carbonyl (C=O) groups is 1. The lowest BCUT2D eigenvalue weighted by molar-refractivity contribution is -0.123. The Hall–Kier alpha value is -0.610. The number of carbonyl (C=O) groups excluding carboxylic acids is 1. The predicted octanol–water partition coefficient (Wildman–Crippen LogP) is 12.1. The van der Waals surface area contributed by atoms with Gasteiger partial charge in [0.15, 0.2) is 0 Å². The highest BCUT2D eigenvalue weighted by molar-refractivity contribution is 5.76. The number of unbranched alkanes of at least 4 members (excludes halogenated alkanes) is 30. The van der Waals surface area contributed by atoms with Gasteiger partial charge >= 0.3 is 0 Å². The number of aliphatic hydroxyl groups excluding tert-OH is 2. The van der Waals surface area contributed by atoms with Crippen LogP contribution in [0.3, 0.4) is 0 Å². The summed E-state index contributed by atoms with van der Waals surface area (Å²) >= 11 is 0. The summed E-state index contributed by atoms with van der Waals surface area (Å²) in [6, 6.07) is -0.528. The Morgan fingerprint density at radius 3 is 1.02 bits per heavy atom. The average molecular weight is 624 g/mol. The van der Waals surface area contributed by atoms with Crippen molar-refractivity contribution in [2.75, 3.05) is 6.61 Å². The van der Waals surface area contributed by atoms with Crippen LogP contribution in [0, 0.1) is 0 Å². The molecule has 0 radical (unpaired) electrons. The quantitative estimate of drug-likeness (QED) is 0.0603. The van der Waals surface area contributed by atoms with Gasteiger partial charge in [0, 0.05) is 6.42 Å². The molecular weight excluding hydrogens is 542 g/mol. The largest absolute Gasteiger partial charge is 0.394 e. The summed E-state index contributed by atoms with van der Waals surface area (Å²) in [6.07, 6.45) is 43.1. The van der Waals surface area contributed by atoms with Crippen molar-refractivity contribution >= 4 is 5.91 Å². The van der Waals surface area contributed by atoms with Gasteiger partial charge in [-0.15, -0.1) is 0 Å². The highest BCUT2D eigenvalue weighted by atomic mass is 16.3. The number of nitrogens with one attached hydrogen (secondary N) is 1. The Balaban J connectivity index is 3.49. The van der Waals surface area contributed by atoms with Crippen LogP contribution in [-0.4, -0.2) is 34.9 Å². The number of aliphatic hydroxyl groups is 2. The fourth-order valence-corrected chi connectivity index (χ4v) is 6.48. The van der Waals surface area contributed by atoms with Crippen LogP contribution in [0.25, 0.3) is 0 Å². The second kappa shape index (κ2) is 36.9. The number of hydrogen-bond donors (Lipinski definition) is 3. The molecule has 44 heavy (non-hydrogen) atoms. The van der Waals surface area contributed by atoms with Gasteiger partial charge < -0.3 is 15.5 Å². The van der Waals surface area contributed by atoms with Gasteiger partial charge in [0.2, 0.25) is 5.91 Å². The zero-order valence-electron chi connectivity index (χ0n) is 30.2. The van der Waals surface area contributed by atoms with Crippen molar-refractivity contribution in [2.45, 2.75) is 244 Å². The molecule has 0 heterocycles. The summed E-state index contributed by atoms with van der Waals surface area (Å²) in [6.45, 7) is 4.37. The first kappa shape index (κ1) is 43.4. The van der Waals surface area contributed by atoms with E-state index in [0.717, 1.165) is 25.7 Å². The lowest BCUT2D eigenvalue weighted by Crippen LogP contribution is -2.45.